The quantitative estimate of drug-likeness (QED) is 0.195. The summed E-state index contributed by atoms with van der Waals surface area (Å²) in [6.45, 7) is 7.45. The fourth-order valence-corrected chi connectivity index (χ4v) is 7.32. The van der Waals surface area contributed by atoms with E-state index < -0.39 is 0 Å². The Balaban J connectivity index is 1.24. The van der Waals surface area contributed by atoms with E-state index >= 15 is 0 Å². The van der Waals surface area contributed by atoms with E-state index in [0.29, 0.717) is 65.1 Å². The van der Waals surface area contributed by atoms with Gasteiger partial charge in [-0.1, -0.05) is 35.9 Å². The standard InChI is InChI=1S/C39H41ClN6O4/c1-25-18-27-6-4-5-7-28(27)23-45(25)38(48)33-13-8-30(40)19-35(33)36-20-34(26(2)42-36)39(49)46(31-9-11-32(47)12-10-31)24-37(29-21-41-43(3)22-29)44-14-16-50-17-15-44/h4-13,19-22,25,37,42,47H,14-18,23-24H2,1-3H3/t25-,37?/m1/s1. The third-order valence-corrected chi connectivity index (χ3v) is 10.1. The van der Waals surface area contributed by atoms with Crippen LogP contribution in [0.2, 0.25) is 5.02 Å². The molecular weight excluding hydrogens is 652 g/mol. The molecule has 11 heteroatoms. The summed E-state index contributed by atoms with van der Waals surface area (Å²) in [5.74, 6) is -0.189. The number of ether oxygens (including phenoxy) is 1. The molecule has 2 aromatic heterocycles. The molecule has 50 heavy (non-hydrogen) atoms. The molecule has 2 aliphatic heterocycles. The number of halogens is 1. The number of aromatic amines is 1. The second kappa shape index (κ2) is 14.1. The Morgan fingerprint density at radius 3 is 2.50 bits per heavy atom. The number of nitrogens with zero attached hydrogens (tertiary/aromatic N) is 5. The van der Waals surface area contributed by atoms with Crippen LogP contribution in [-0.4, -0.2) is 80.4 Å². The minimum Gasteiger partial charge on any atom is -0.508 e. The van der Waals surface area contributed by atoms with Gasteiger partial charge in [-0.3, -0.25) is 19.2 Å². The lowest BCUT2D eigenvalue weighted by molar-refractivity contribution is 0.0175. The number of phenolic OH excluding ortho intramolecular Hbond substituents is 1. The highest BCUT2D eigenvalue weighted by atomic mass is 35.5. The van der Waals surface area contributed by atoms with Gasteiger partial charge in [0.2, 0.25) is 0 Å². The third-order valence-electron chi connectivity index (χ3n) is 9.87. The summed E-state index contributed by atoms with van der Waals surface area (Å²) in [6.07, 6.45) is 4.61. The van der Waals surface area contributed by atoms with Crippen molar-refractivity contribution in [1.82, 2.24) is 24.6 Å². The summed E-state index contributed by atoms with van der Waals surface area (Å²) >= 11 is 6.54. The summed E-state index contributed by atoms with van der Waals surface area (Å²) < 4.78 is 7.42. The Hall–Kier alpha value is -4.90. The molecule has 0 saturated carbocycles. The molecule has 258 valence electrons. The number of H-pyrrole nitrogens is 1. The third kappa shape index (κ3) is 6.79. The Labute approximate surface area is 296 Å². The summed E-state index contributed by atoms with van der Waals surface area (Å²) in [5.41, 5.74) is 6.97. The Bertz CT molecular complexity index is 2010. The number of benzene rings is 3. The van der Waals surface area contributed by atoms with E-state index in [4.69, 9.17) is 16.3 Å². The highest BCUT2D eigenvalue weighted by molar-refractivity contribution is 6.31. The molecule has 1 unspecified atom stereocenters. The van der Waals surface area contributed by atoms with Gasteiger partial charge in [-0.05, 0) is 79.9 Å². The minimum atomic E-state index is -0.214. The molecule has 2 N–H and O–H groups in total. The van der Waals surface area contributed by atoms with Gasteiger partial charge in [-0.25, -0.2) is 0 Å². The van der Waals surface area contributed by atoms with Gasteiger partial charge < -0.3 is 24.6 Å². The topological polar surface area (TPSA) is 107 Å². The largest absolute Gasteiger partial charge is 0.508 e. The van der Waals surface area contributed by atoms with E-state index in [-0.39, 0.29) is 29.6 Å². The van der Waals surface area contributed by atoms with Crippen LogP contribution < -0.4 is 4.90 Å². The molecule has 5 aromatic rings. The molecule has 4 heterocycles. The van der Waals surface area contributed by atoms with Crippen LogP contribution in [0.15, 0.2) is 85.2 Å². The summed E-state index contributed by atoms with van der Waals surface area (Å²) in [4.78, 5) is 38.3. The molecule has 2 atom stereocenters. The van der Waals surface area contributed by atoms with E-state index in [2.05, 4.69) is 34.0 Å². The van der Waals surface area contributed by atoms with Crippen molar-refractivity contribution in [2.75, 3.05) is 37.7 Å². The fourth-order valence-electron chi connectivity index (χ4n) is 7.15. The lowest BCUT2D eigenvalue weighted by Gasteiger charge is -2.37. The van der Waals surface area contributed by atoms with E-state index in [1.807, 2.05) is 49.5 Å². The van der Waals surface area contributed by atoms with Gasteiger partial charge in [-0.2, -0.15) is 5.10 Å². The first-order valence-electron chi connectivity index (χ1n) is 16.9. The van der Waals surface area contributed by atoms with Crippen molar-refractivity contribution in [2.45, 2.75) is 38.9 Å². The first-order valence-corrected chi connectivity index (χ1v) is 17.3. The maximum absolute atomic E-state index is 14.7. The maximum Gasteiger partial charge on any atom is 0.260 e. The van der Waals surface area contributed by atoms with Crippen molar-refractivity contribution in [1.29, 1.82) is 0 Å². The smallest absolute Gasteiger partial charge is 0.260 e. The van der Waals surface area contributed by atoms with Crippen LogP contribution in [0.3, 0.4) is 0 Å². The van der Waals surface area contributed by atoms with Crippen molar-refractivity contribution in [2.24, 2.45) is 7.05 Å². The molecule has 1 fully saturated rings. The van der Waals surface area contributed by atoms with Crippen molar-refractivity contribution < 1.29 is 19.4 Å². The monoisotopic (exact) mass is 692 g/mol. The zero-order valence-corrected chi connectivity index (χ0v) is 29.2. The lowest BCUT2D eigenvalue weighted by atomic mass is 9.93. The SMILES string of the molecule is Cc1[nH]c(-c2cc(Cl)ccc2C(=O)N2Cc3ccccc3C[C@H]2C)cc1C(=O)N(CC(c1cnn(C)c1)N1CCOCC1)c1ccc(O)cc1. The van der Waals surface area contributed by atoms with Crippen LogP contribution >= 0.6 is 11.6 Å². The first kappa shape index (κ1) is 33.6. The van der Waals surface area contributed by atoms with Gasteiger partial charge in [0, 0.05) is 84.3 Å². The predicted octanol–water partition coefficient (Wildman–Crippen LogP) is 6.39. The van der Waals surface area contributed by atoms with Crippen LogP contribution in [0.1, 0.15) is 56.1 Å². The number of aryl methyl sites for hydroxylation is 2. The Morgan fingerprint density at radius 1 is 1.04 bits per heavy atom. The highest BCUT2D eigenvalue weighted by Gasteiger charge is 2.32. The minimum absolute atomic E-state index is 0.0153. The van der Waals surface area contributed by atoms with Crippen LogP contribution in [0.5, 0.6) is 5.75 Å². The lowest BCUT2D eigenvalue weighted by Crippen LogP contribution is -2.45. The fraction of sp³-hybridized carbons (Fsp3) is 0.308. The second-order valence-electron chi connectivity index (χ2n) is 13.2. The number of aromatic nitrogens is 3. The number of hydrogen-bond donors (Lipinski definition) is 2. The van der Waals surface area contributed by atoms with E-state index in [0.717, 1.165) is 30.6 Å². The van der Waals surface area contributed by atoms with Gasteiger partial charge in [0.1, 0.15) is 5.75 Å². The number of morpholine rings is 1. The normalized spacial score (nSPS) is 17.0. The van der Waals surface area contributed by atoms with Crippen molar-refractivity contribution in [3.8, 4) is 17.0 Å². The van der Waals surface area contributed by atoms with Crippen LogP contribution in [0.25, 0.3) is 11.3 Å². The molecule has 0 bridgehead atoms. The van der Waals surface area contributed by atoms with Crippen molar-refractivity contribution in [3.63, 3.8) is 0 Å². The van der Waals surface area contributed by atoms with Gasteiger partial charge in [0.25, 0.3) is 11.8 Å². The summed E-state index contributed by atoms with van der Waals surface area (Å²) in [7, 11) is 1.88. The zero-order valence-electron chi connectivity index (χ0n) is 28.5. The number of anilines is 1. The highest BCUT2D eigenvalue weighted by Crippen LogP contribution is 2.34. The number of hydrogen-bond acceptors (Lipinski definition) is 6. The number of carbonyl (C=O) groups is 2. The number of amides is 2. The van der Waals surface area contributed by atoms with Crippen molar-refractivity contribution in [3.05, 3.63) is 124 Å². The second-order valence-corrected chi connectivity index (χ2v) is 13.6. The van der Waals surface area contributed by atoms with Crippen molar-refractivity contribution >= 4 is 29.1 Å². The molecule has 2 amide bonds. The maximum atomic E-state index is 14.7. The zero-order chi connectivity index (χ0) is 34.9. The molecular formula is C39H41ClN6O4. The van der Waals surface area contributed by atoms with Gasteiger partial charge in [0.15, 0.2) is 0 Å². The number of fused-ring (bicyclic) bond motifs is 1. The van der Waals surface area contributed by atoms with E-state index in [9.17, 15) is 14.7 Å². The Morgan fingerprint density at radius 2 is 1.78 bits per heavy atom. The van der Waals surface area contributed by atoms with E-state index in [1.165, 1.54) is 5.56 Å². The number of nitrogens with one attached hydrogen (secondary N) is 1. The average Bonchev–Trinajstić information content (AvgIpc) is 3.73. The number of rotatable bonds is 8. The van der Waals surface area contributed by atoms with Crippen LogP contribution in [-0.2, 0) is 24.8 Å². The van der Waals surface area contributed by atoms with Gasteiger partial charge >= 0.3 is 0 Å². The molecule has 0 radical (unpaired) electrons. The molecule has 10 nitrogen and oxygen atoms in total. The summed E-state index contributed by atoms with van der Waals surface area (Å²) in [6, 6.07) is 21.9. The van der Waals surface area contributed by atoms with E-state index in [1.54, 1.807) is 52.0 Å². The molecule has 3 aromatic carbocycles. The van der Waals surface area contributed by atoms with Crippen LogP contribution in [0, 0.1) is 6.92 Å². The number of aromatic hydroxyl groups is 1. The molecule has 7 rings (SSSR count). The van der Waals surface area contributed by atoms with Gasteiger partial charge in [0.05, 0.1) is 31.0 Å². The Kier molecular flexibility index (Phi) is 9.50. The average molecular weight is 693 g/mol. The number of phenols is 1. The summed E-state index contributed by atoms with van der Waals surface area (Å²) in [5, 5.41) is 15.0. The molecule has 0 aliphatic carbocycles. The molecule has 2 aliphatic rings. The van der Waals surface area contributed by atoms with Crippen LogP contribution in [0.4, 0.5) is 5.69 Å². The van der Waals surface area contributed by atoms with Gasteiger partial charge in [-0.15, -0.1) is 0 Å². The number of carbonyl (C=O) groups excluding carboxylic acids is 2. The molecule has 0 spiro atoms. The molecule has 1 saturated heterocycles. The predicted molar refractivity (Wildman–Crippen MR) is 194 cm³/mol. The first-order chi connectivity index (χ1) is 24.2.